The van der Waals surface area contributed by atoms with Crippen LogP contribution in [0.4, 0.5) is 19.0 Å². The summed E-state index contributed by atoms with van der Waals surface area (Å²) in [7, 11) is 0. The Bertz CT molecular complexity index is 646. The van der Waals surface area contributed by atoms with E-state index in [9.17, 15) is 22.8 Å². The van der Waals surface area contributed by atoms with Crippen molar-refractivity contribution in [3.8, 4) is 0 Å². The number of nitrogens with one attached hydrogen (secondary N) is 1. The van der Waals surface area contributed by atoms with Crippen LogP contribution in [0.2, 0.25) is 5.02 Å². The number of carbonyl (C=O) groups is 2. The van der Waals surface area contributed by atoms with Crippen molar-refractivity contribution in [2.45, 2.75) is 25.4 Å². The summed E-state index contributed by atoms with van der Waals surface area (Å²) in [4.78, 5) is 28.5. The van der Waals surface area contributed by atoms with E-state index in [0.717, 1.165) is 6.07 Å². The second-order valence-electron chi connectivity index (χ2n) is 5.79. The predicted octanol–water partition coefficient (Wildman–Crippen LogP) is 2.28. The molecule has 1 saturated heterocycles. The predicted molar refractivity (Wildman–Crippen MR) is 85.9 cm³/mol. The average Bonchev–Trinajstić information content (AvgIpc) is 2.55. The van der Waals surface area contributed by atoms with E-state index in [1.54, 1.807) is 4.90 Å². The molecule has 1 aromatic rings. The third-order valence-corrected chi connectivity index (χ3v) is 4.34. The molecular weight excluding hydrogens is 361 g/mol. The van der Waals surface area contributed by atoms with Gasteiger partial charge in [0.2, 0.25) is 11.8 Å². The Kier molecular flexibility index (Phi) is 6.10. The van der Waals surface area contributed by atoms with Gasteiger partial charge in [0, 0.05) is 38.2 Å². The molecule has 0 aliphatic carbocycles. The van der Waals surface area contributed by atoms with Crippen molar-refractivity contribution in [1.82, 2.24) is 9.88 Å². The molecule has 0 unspecified atom stereocenters. The molecule has 0 bridgehead atoms. The molecule has 10 heteroatoms. The highest BCUT2D eigenvalue weighted by molar-refractivity contribution is 6.32. The number of aromatic nitrogens is 1. The molecule has 0 spiro atoms. The molecule has 0 saturated carbocycles. The number of halogens is 4. The van der Waals surface area contributed by atoms with E-state index in [-0.39, 0.29) is 41.5 Å². The van der Waals surface area contributed by atoms with Crippen molar-refractivity contribution in [3.05, 3.63) is 22.8 Å². The first-order valence-corrected chi connectivity index (χ1v) is 8.10. The van der Waals surface area contributed by atoms with Crippen molar-refractivity contribution < 1.29 is 22.8 Å². The van der Waals surface area contributed by atoms with Gasteiger partial charge in [-0.05, 0) is 18.9 Å². The third kappa shape index (κ3) is 5.22. The highest BCUT2D eigenvalue weighted by Gasteiger charge is 2.31. The molecule has 25 heavy (non-hydrogen) atoms. The van der Waals surface area contributed by atoms with Crippen molar-refractivity contribution >= 4 is 29.2 Å². The molecular formula is C15H18ClF3N4O2. The first-order valence-electron chi connectivity index (χ1n) is 7.72. The number of carbonyl (C=O) groups excluding carboxylic acids is 2. The van der Waals surface area contributed by atoms with Gasteiger partial charge in [-0.25, -0.2) is 4.98 Å². The number of alkyl halides is 3. The van der Waals surface area contributed by atoms with Crippen LogP contribution in [0.15, 0.2) is 12.3 Å². The zero-order valence-electron chi connectivity index (χ0n) is 13.3. The first-order chi connectivity index (χ1) is 11.7. The summed E-state index contributed by atoms with van der Waals surface area (Å²) in [6.45, 7) is 1.12. The fourth-order valence-electron chi connectivity index (χ4n) is 2.58. The van der Waals surface area contributed by atoms with E-state index in [0.29, 0.717) is 32.1 Å². The number of pyridine rings is 1. The molecule has 2 rings (SSSR count). The zero-order valence-corrected chi connectivity index (χ0v) is 14.0. The fourth-order valence-corrected chi connectivity index (χ4v) is 2.82. The topological polar surface area (TPSA) is 88.3 Å². The summed E-state index contributed by atoms with van der Waals surface area (Å²) in [5.74, 6) is -0.567. The van der Waals surface area contributed by atoms with Crippen molar-refractivity contribution in [3.63, 3.8) is 0 Å². The van der Waals surface area contributed by atoms with Crippen LogP contribution in [0.25, 0.3) is 0 Å². The van der Waals surface area contributed by atoms with E-state index in [2.05, 4.69) is 10.3 Å². The summed E-state index contributed by atoms with van der Waals surface area (Å²) in [6.07, 6.45) is -2.60. The van der Waals surface area contributed by atoms with E-state index in [4.69, 9.17) is 17.3 Å². The van der Waals surface area contributed by atoms with Gasteiger partial charge in [-0.2, -0.15) is 13.2 Å². The Balaban J connectivity index is 1.81. The Hall–Kier alpha value is -2.03. The van der Waals surface area contributed by atoms with E-state index < -0.39 is 11.7 Å². The number of rotatable bonds is 5. The fraction of sp³-hybridized carbons (Fsp3) is 0.533. The van der Waals surface area contributed by atoms with Gasteiger partial charge >= 0.3 is 6.18 Å². The highest BCUT2D eigenvalue weighted by Crippen LogP contribution is 2.32. The normalized spacial score (nSPS) is 15.9. The van der Waals surface area contributed by atoms with E-state index >= 15 is 0 Å². The van der Waals surface area contributed by atoms with Crippen LogP contribution in [0.3, 0.4) is 0 Å². The Labute approximate surface area is 147 Å². The summed E-state index contributed by atoms with van der Waals surface area (Å²) >= 11 is 5.78. The van der Waals surface area contributed by atoms with Crippen molar-refractivity contribution in [2.24, 2.45) is 11.7 Å². The molecule has 1 fully saturated rings. The Morgan fingerprint density at radius 2 is 2.00 bits per heavy atom. The number of piperidine rings is 1. The lowest BCUT2D eigenvalue weighted by Gasteiger charge is -2.30. The average molecular weight is 379 g/mol. The quantitative estimate of drug-likeness (QED) is 0.822. The van der Waals surface area contributed by atoms with Crippen LogP contribution in [-0.2, 0) is 15.8 Å². The molecule has 0 radical (unpaired) electrons. The summed E-state index contributed by atoms with van der Waals surface area (Å²) in [6, 6.07) is 0.785. The van der Waals surface area contributed by atoms with Crippen LogP contribution in [0, 0.1) is 5.92 Å². The molecule has 2 heterocycles. The molecule has 0 atom stereocenters. The number of amides is 2. The zero-order chi connectivity index (χ0) is 18.6. The van der Waals surface area contributed by atoms with Crippen LogP contribution in [0.1, 0.15) is 24.8 Å². The number of anilines is 1. The Morgan fingerprint density at radius 1 is 1.36 bits per heavy atom. The van der Waals surface area contributed by atoms with E-state index in [1.165, 1.54) is 0 Å². The number of hydrogen-bond donors (Lipinski definition) is 2. The maximum atomic E-state index is 12.5. The van der Waals surface area contributed by atoms with Crippen molar-refractivity contribution in [1.29, 1.82) is 0 Å². The maximum absolute atomic E-state index is 12.5. The molecule has 6 nitrogen and oxygen atoms in total. The van der Waals surface area contributed by atoms with Gasteiger partial charge in [0.25, 0.3) is 0 Å². The number of nitrogens with zero attached hydrogens (tertiary/aromatic N) is 2. The molecule has 138 valence electrons. The summed E-state index contributed by atoms with van der Waals surface area (Å²) in [5, 5.41) is 2.59. The summed E-state index contributed by atoms with van der Waals surface area (Å²) in [5.41, 5.74) is 4.31. The molecule has 1 aromatic heterocycles. The number of primary amides is 1. The second kappa shape index (κ2) is 7.90. The number of likely N-dealkylation sites (tertiary alicyclic amines) is 1. The Morgan fingerprint density at radius 3 is 2.52 bits per heavy atom. The van der Waals surface area contributed by atoms with Gasteiger partial charge in [-0.1, -0.05) is 11.6 Å². The largest absolute Gasteiger partial charge is 0.417 e. The molecule has 0 aromatic carbocycles. The van der Waals surface area contributed by atoms with Crippen LogP contribution in [-0.4, -0.2) is 41.3 Å². The van der Waals surface area contributed by atoms with Crippen LogP contribution < -0.4 is 11.1 Å². The number of hydrogen-bond acceptors (Lipinski definition) is 4. The van der Waals surface area contributed by atoms with E-state index in [1.807, 2.05) is 0 Å². The smallest absolute Gasteiger partial charge is 0.369 e. The molecule has 1 aliphatic heterocycles. The van der Waals surface area contributed by atoms with Gasteiger partial charge in [-0.3, -0.25) is 9.59 Å². The van der Waals surface area contributed by atoms with Gasteiger partial charge < -0.3 is 16.0 Å². The standard InChI is InChI=1S/C15H18ClF3N4O2/c16-11-7-10(15(17,18)19)8-22-14(11)21-4-1-12(24)23-5-2-9(3-6-23)13(20)25/h7-9H,1-6H2,(H2,20,25)(H,21,22). The van der Waals surface area contributed by atoms with Gasteiger partial charge in [0.1, 0.15) is 5.82 Å². The molecule has 1 aliphatic rings. The minimum absolute atomic E-state index is 0.0925. The third-order valence-electron chi connectivity index (χ3n) is 4.05. The lowest BCUT2D eigenvalue weighted by Crippen LogP contribution is -2.42. The second-order valence-corrected chi connectivity index (χ2v) is 6.19. The van der Waals surface area contributed by atoms with Gasteiger partial charge in [0.15, 0.2) is 0 Å². The lowest BCUT2D eigenvalue weighted by atomic mass is 9.96. The van der Waals surface area contributed by atoms with Crippen molar-refractivity contribution in [2.75, 3.05) is 25.0 Å². The number of nitrogens with two attached hydrogens (primary N) is 1. The minimum Gasteiger partial charge on any atom is -0.369 e. The monoisotopic (exact) mass is 378 g/mol. The highest BCUT2D eigenvalue weighted by atomic mass is 35.5. The molecule has 3 N–H and O–H groups in total. The first kappa shape index (κ1) is 19.3. The molecule has 2 amide bonds. The maximum Gasteiger partial charge on any atom is 0.417 e. The van der Waals surface area contributed by atoms with Crippen LogP contribution >= 0.6 is 11.6 Å². The summed E-state index contributed by atoms with van der Waals surface area (Å²) < 4.78 is 37.6. The minimum atomic E-state index is -4.51. The van der Waals surface area contributed by atoms with Gasteiger partial charge in [-0.15, -0.1) is 0 Å². The van der Waals surface area contributed by atoms with Crippen LogP contribution in [0.5, 0.6) is 0 Å². The van der Waals surface area contributed by atoms with Gasteiger partial charge in [0.05, 0.1) is 10.6 Å². The lowest BCUT2D eigenvalue weighted by molar-refractivity contribution is -0.137. The SMILES string of the molecule is NC(=O)C1CCN(C(=O)CCNc2ncc(C(F)(F)F)cc2Cl)CC1.